The zero-order chi connectivity index (χ0) is 12.9. The maximum Gasteiger partial charge on any atom is 0.0125 e. The summed E-state index contributed by atoms with van der Waals surface area (Å²) in [6.45, 7) is 9.03. The van der Waals surface area contributed by atoms with Crippen LogP contribution in [0.15, 0.2) is 24.3 Å². The van der Waals surface area contributed by atoms with Crippen LogP contribution in [0.1, 0.15) is 45.2 Å². The SMILES string of the molecule is CNC(C)(C)CCc1ccc(CC(C)C)cc1. The van der Waals surface area contributed by atoms with Crippen molar-refractivity contribution in [2.24, 2.45) is 5.92 Å². The lowest BCUT2D eigenvalue weighted by atomic mass is 9.94. The summed E-state index contributed by atoms with van der Waals surface area (Å²) >= 11 is 0. The number of nitrogens with one attached hydrogen (secondary N) is 1. The predicted octanol–water partition coefficient (Wildman–Crippen LogP) is 3.82. The van der Waals surface area contributed by atoms with Crippen LogP contribution in [-0.4, -0.2) is 12.6 Å². The van der Waals surface area contributed by atoms with Crippen LogP contribution in [0.25, 0.3) is 0 Å². The van der Waals surface area contributed by atoms with Gasteiger partial charge >= 0.3 is 0 Å². The van der Waals surface area contributed by atoms with E-state index in [1.807, 2.05) is 7.05 Å². The molecule has 0 aromatic heterocycles. The van der Waals surface area contributed by atoms with Gasteiger partial charge in [-0.1, -0.05) is 38.1 Å². The fraction of sp³-hybridized carbons (Fsp3) is 0.625. The van der Waals surface area contributed by atoms with Crippen LogP contribution in [0, 0.1) is 5.92 Å². The van der Waals surface area contributed by atoms with Gasteiger partial charge in [0.2, 0.25) is 0 Å². The van der Waals surface area contributed by atoms with E-state index in [1.165, 1.54) is 24.0 Å². The van der Waals surface area contributed by atoms with Crippen LogP contribution in [0.3, 0.4) is 0 Å². The average molecular weight is 233 g/mol. The highest BCUT2D eigenvalue weighted by atomic mass is 14.9. The largest absolute Gasteiger partial charge is 0.315 e. The van der Waals surface area contributed by atoms with Crippen molar-refractivity contribution in [1.29, 1.82) is 0 Å². The van der Waals surface area contributed by atoms with Crippen LogP contribution in [0.5, 0.6) is 0 Å². The fourth-order valence-electron chi connectivity index (χ4n) is 1.90. The normalized spacial score (nSPS) is 12.1. The first-order chi connectivity index (χ1) is 7.93. The van der Waals surface area contributed by atoms with Gasteiger partial charge in [-0.15, -0.1) is 0 Å². The third-order valence-electron chi connectivity index (χ3n) is 3.38. The minimum Gasteiger partial charge on any atom is -0.315 e. The Kier molecular flexibility index (Phi) is 5.20. The first-order valence-corrected chi connectivity index (χ1v) is 6.69. The standard InChI is InChI=1S/C16H27N/c1-13(2)12-15-8-6-14(7-9-15)10-11-16(3,4)17-5/h6-9,13,17H,10-12H2,1-5H3. The molecule has 0 unspecified atom stereocenters. The van der Waals surface area contributed by atoms with Gasteiger partial charge in [0.25, 0.3) is 0 Å². The van der Waals surface area contributed by atoms with Crippen molar-refractivity contribution in [3.63, 3.8) is 0 Å². The molecule has 0 saturated heterocycles. The fourth-order valence-corrected chi connectivity index (χ4v) is 1.90. The summed E-state index contributed by atoms with van der Waals surface area (Å²) in [5, 5.41) is 3.35. The Balaban J connectivity index is 2.51. The Hall–Kier alpha value is -0.820. The van der Waals surface area contributed by atoms with Crippen LogP contribution >= 0.6 is 0 Å². The number of benzene rings is 1. The first-order valence-electron chi connectivity index (χ1n) is 6.69. The third kappa shape index (κ3) is 5.36. The number of aryl methyl sites for hydroxylation is 1. The second kappa shape index (κ2) is 6.20. The summed E-state index contributed by atoms with van der Waals surface area (Å²) < 4.78 is 0. The Morgan fingerprint density at radius 2 is 1.59 bits per heavy atom. The van der Waals surface area contributed by atoms with E-state index < -0.39 is 0 Å². The topological polar surface area (TPSA) is 12.0 Å². The molecule has 17 heavy (non-hydrogen) atoms. The maximum absolute atomic E-state index is 3.35. The molecule has 0 fully saturated rings. The van der Waals surface area contributed by atoms with E-state index in [0.717, 1.165) is 12.3 Å². The highest BCUT2D eigenvalue weighted by Crippen LogP contribution is 2.15. The Bertz CT molecular complexity index is 322. The average Bonchev–Trinajstić information content (AvgIpc) is 2.28. The second-order valence-electron chi connectivity index (χ2n) is 6.05. The summed E-state index contributed by atoms with van der Waals surface area (Å²) in [7, 11) is 2.03. The van der Waals surface area contributed by atoms with Crippen LogP contribution in [0.4, 0.5) is 0 Å². The molecule has 0 aliphatic rings. The highest BCUT2D eigenvalue weighted by Gasteiger charge is 2.13. The van der Waals surface area contributed by atoms with Gasteiger partial charge in [0.1, 0.15) is 0 Å². The van der Waals surface area contributed by atoms with Gasteiger partial charge in [-0.25, -0.2) is 0 Å². The molecule has 0 atom stereocenters. The van der Waals surface area contributed by atoms with Gasteiger partial charge in [-0.2, -0.15) is 0 Å². The summed E-state index contributed by atoms with van der Waals surface area (Å²) in [6, 6.07) is 9.12. The summed E-state index contributed by atoms with van der Waals surface area (Å²) in [6.07, 6.45) is 3.51. The number of rotatable bonds is 6. The van der Waals surface area contributed by atoms with Crippen molar-refractivity contribution in [3.05, 3.63) is 35.4 Å². The maximum atomic E-state index is 3.35. The van der Waals surface area contributed by atoms with E-state index in [0.29, 0.717) is 0 Å². The first kappa shape index (κ1) is 14.2. The van der Waals surface area contributed by atoms with Gasteiger partial charge in [-0.3, -0.25) is 0 Å². The molecule has 0 aliphatic carbocycles. The van der Waals surface area contributed by atoms with E-state index in [2.05, 4.69) is 57.3 Å². The quantitative estimate of drug-likeness (QED) is 0.787. The van der Waals surface area contributed by atoms with Crippen LogP contribution < -0.4 is 5.32 Å². The number of hydrogen-bond donors (Lipinski definition) is 1. The summed E-state index contributed by atoms with van der Waals surface area (Å²) in [4.78, 5) is 0. The molecule has 0 amide bonds. The molecule has 1 rings (SSSR count). The van der Waals surface area contributed by atoms with Crippen molar-refractivity contribution in [2.45, 2.75) is 52.5 Å². The zero-order valence-corrected chi connectivity index (χ0v) is 12.0. The summed E-state index contributed by atoms with van der Waals surface area (Å²) in [5.41, 5.74) is 3.13. The van der Waals surface area contributed by atoms with E-state index in [4.69, 9.17) is 0 Å². The molecule has 96 valence electrons. The van der Waals surface area contributed by atoms with Crippen molar-refractivity contribution in [2.75, 3.05) is 7.05 Å². The highest BCUT2D eigenvalue weighted by molar-refractivity contribution is 5.23. The molecule has 1 aromatic carbocycles. The van der Waals surface area contributed by atoms with Crippen molar-refractivity contribution >= 4 is 0 Å². The van der Waals surface area contributed by atoms with E-state index in [-0.39, 0.29) is 5.54 Å². The molecule has 1 N–H and O–H groups in total. The molecule has 1 nitrogen and oxygen atoms in total. The lowest BCUT2D eigenvalue weighted by Crippen LogP contribution is -2.36. The van der Waals surface area contributed by atoms with Crippen molar-refractivity contribution < 1.29 is 0 Å². The van der Waals surface area contributed by atoms with Gasteiger partial charge in [0, 0.05) is 5.54 Å². The molecular formula is C16H27N. The van der Waals surface area contributed by atoms with Gasteiger partial charge < -0.3 is 5.32 Å². The summed E-state index contributed by atoms with van der Waals surface area (Å²) in [5.74, 6) is 0.740. The Morgan fingerprint density at radius 3 is 2.06 bits per heavy atom. The van der Waals surface area contributed by atoms with E-state index in [9.17, 15) is 0 Å². The molecule has 0 radical (unpaired) electrons. The van der Waals surface area contributed by atoms with Gasteiger partial charge in [0.05, 0.1) is 0 Å². The van der Waals surface area contributed by atoms with Crippen molar-refractivity contribution in [3.8, 4) is 0 Å². The monoisotopic (exact) mass is 233 g/mol. The van der Waals surface area contributed by atoms with Crippen LogP contribution in [-0.2, 0) is 12.8 Å². The minimum atomic E-state index is 0.233. The molecule has 0 saturated carbocycles. The Labute approximate surface area is 107 Å². The minimum absolute atomic E-state index is 0.233. The molecule has 1 heteroatoms. The molecule has 1 aromatic rings. The molecule has 0 spiro atoms. The second-order valence-corrected chi connectivity index (χ2v) is 6.05. The predicted molar refractivity (Wildman–Crippen MR) is 76.4 cm³/mol. The molecule has 0 aliphatic heterocycles. The Morgan fingerprint density at radius 1 is 1.06 bits per heavy atom. The smallest absolute Gasteiger partial charge is 0.0125 e. The third-order valence-corrected chi connectivity index (χ3v) is 3.38. The van der Waals surface area contributed by atoms with Gasteiger partial charge in [-0.05, 0) is 57.2 Å². The molecular weight excluding hydrogens is 206 g/mol. The van der Waals surface area contributed by atoms with E-state index >= 15 is 0 Å². The number of hydrogen-bond acceptors (Lipinski definition) is 1. The molecule has 0 heterocycles. The van der Waals surface area contributed by atoms with Crippen LogP contribution in [0.2, 0.25) is 0 Å². The van der Waals surface area contributed by atoms with Gasteiger partial charge in [0.15, 0.2) is 0 Å². The lowest BCUT2D eigenvalue weighted by Gasteiger charge is -2.23. The van der Waals surface area contributed by atoms with Crippen molar-refractivity contribution in [1.82, 2.24) is 5.32 Å². The molecule has 0 bridgehead atoms. The zero-order valence-electron chi connectivity index (χ0n) is 12.0. The lowest BCUT2D eigenvalue weighted by molar-refractivity contribution is 0.393. The van der Waals surface area contributed by atoms with E-state index in [1.54, 1.807) is 0 Å².